The van der Waals surface area contributed by atoms with E-state index in [-0.39, 0.29) is 5.78 Å². The number of carbonyl (C=O) groups excluding carboxylic acids is 1. The summed E-state index contributed by atoms with van der Waals surface area (Å²) >= 11 is 0. The highest BCUT2D eigenvalue weighted by molar-refractivity contribution is 6.10. The summed E-state index contributed by atoms with van der Waals surface area (Å²) in [6, 6.07) is 6.49. The molecule has 3 heteroatoms. The van der Waals surface area contributed by atoms with Crippen LogP contribution in [0, 0.1) is 6.92 Å². The summed E-state index contributed by atoms with van der Waals surface area (Å²) < 4.78 is 0. The molecule has 3 nitrogen and oxygen atoms in total. The fourth-order valence-electron chi connectivity index (χ4n) is 2.45. The van der Waals surface area contributed by atoms with E-state index in [0.717, 1.165) is 28.6 Å². The van der Waals surface area contributed by atoms with E-state index in [9.17, 15) is 4.79 Å². The Morgan fingerprint density at radius 3 is 2.74 bits per heavy atom. The minimum absolute atomic E-state index is 0.158. The lowest BCUT2D eigenvalue weighted by Crippen LogP contribution is -2.29. The molecule has 1 aromatic heterocycles. The van der Waals surface area contributed by atoms with Crippen molar-refractivity contribution in [3.05, 3.63) is 35.0 Å². The van der Waals surface area contributed by atoms with E-state index < -0.39 is 0 Å². The zero-order valence-corrected chi connectivity index (χ0v) is 12.1. The number of para-hydroxylation sites is 1. The Morgan fingerprint density at radius 2 is 2.11 bits per heavy atom. The van der Waals surface area contributed by atoms with Gasteiger partial charge in [0.15, 0.2) is 5.78 Å². The van der Waals surface area contributed by atoms with Crippen molar-refractivity contribution in [2.75, 3.05) is 6.54 Å². The summed E-state index contributed by atoms with van der Waals surface area (Å²) in [5.41, 5.74) is 4.16. The lowest BCUT2D eigenvalue weighted by atomic mass is 10.0. The van der Waals surface area contributed by atoms with Crippen LogP contribution in [0.4, 0.5) is 0 Å². The number of H-pyrrole nitrogens is 1. The fourth-order valence-corrected chi connectivity index (χ4v) is 2.45. The number of Topliss-reactive ketones (excluding diaryl/α,β-unsaturated/α-hetero) is 1. The molecule has 0 radical (unpaired) electrons. The number of carbonyl (C=O) groups is 1. The van der Waals surface area contributed by atoms with Gasteiger partial charge < -0.3 is 10.3 Å². The predicted octanol–water partition coefficient (Wildman–Crippen LogP) is 3.22. The van der Waals surface area contributed by atoms with Gasteiger partial charge in [0.1, 0.15) is 0 Å². The quantitative estimate of drug-likeness (QED) is 0.809. The maximum atomic E-state index is 12.4. The molecule has 2 aromatic rings. The molecule has 0 fully saturated rings. The molecule has 0 aliphatic heterocycles. The number of aryl methyl sites for hydroxylation is 2. The van der Waals surface area contributed by atoms with Crippen LogP contribution in [-0.2, 0) is 6.42 Å². The minimum Gasteiger partial charge on any atom is -0.358 e. The highest BCUT2D eigenvalue weighted by Crippen LogP contribution is 2.25. The number of aromatic amines is 1. The molecule has 19 heavy (non-hydrogen) atoms. The number of hydrogen-bond acceptors (Lipinski definition) is 2. The lowest BCUT2D eigenvalue weighted by molar-refractivity contribution is 0.0989. The van der Waals surface area contributed by atoms with Crippen molar-refractivity contribution < 1.29 is 4.79 Å². The highest BCUT2D eigenvalue weighted by Gasteiger charge is 2.17. The zero-order chi connectivity index (χ0) is 14.0. The molecule has 102 valence electrons. The van der Waals surface area contributed by atoms with E-state index in [2.05, 4.69) is 23.3 Å². The molecule has 0 atom stereocenters. The highest BCUT2D eigenvalue weighted by atomic mass is 16.1. The Hall–Kier alpha value is -1.61. The number of hydrogen-bond donors (Lipinski definition) is 2. The lowest BCUT2D eigenvalue weighted by Gasteiger charge is -2.07. The van der Waals surface area contributed by atoms with Crippen molar-refractivity contribution in [2.24, 2.45) is 0 Å². The third kappa shape index (κ3) is 2.71. The van der Waals surface area contributed by atoms with Gasteiger partial charge in [0.25, 0.3) is 0 Å². The standard InChI is InChI=1S/C16H22N2O/c1-5-12-7-6-8-13-15(11(4)18-16(12)13)14(19)9-17-10(2)3/h6-8,10,17-18H,5,9H2,1-4H3. The smallest absolute Gasteiger partial charge is 0.179 e. The van der Waals surface area contributed by atoms with Gasteiger partial charge in [-0.2, -0.15) is 0 Å². The summed E-state index contributed by atoms with van der Waals surface area (Å²) in [4.78, 5) is 15.7. The maximum absolute atomic E-state index is 12.4. The second kappa shape index (κ2) is 5.57. The van der Waals surface area contributed by atoms with Crippen LogP contribution < -0.4 is 5.32 Å². The summed E-state index contributed by atoms with van der Waals surface area (Å²) in [6.45, 7) is 8.59. The van der Waals surface area contributed by atoms with E-state index in [1.54, 1.807) is 0 Å². The van der Waals surface area contributed by atoms with Crippen molar-refractivity contribution in [1.82, 2.24) is 10.3 Å². The van der Waals surface area contributed by atoms with Crippen LogP contribution in [0.1, 0.15) is 42.4 Å². The largest absolute Gasteiger partial charge is 0.358 e. The molecule has 0 saturated carbocycles. The molecule has 2 N–H and O–H groups in total. The minimum atomic E-state index is 0.158. The van der Waals surface area contributed by atoms with E-state index in [4.69, 9.17) is 0 Å². The number of aromatic nitrogens is 1. The predicted molar refractivity (Wildman–Crippen MR) is 79.9 cm³/mol. The number of ketones is 1. The van der Waals surface area contributed by atoms with Crippen molar-refractivity contribution in [1.29, 1.82) is 0 Å². The first-order valence-corrected chi connectivity index (χ1v) is 6.91. The van der Waals surface area contributed by atoms with Crippen LogP contribution in [0.15, 0.2) is 18.2 Å². The van der Waals surface area contributed by atoms with Crippen molar-refractivity contribution in [3.63, 3.8) is 0 Å². The van der Waals surface area contributed by atoms with Crippen LogP contribution in [0.3, 0.4) is 0 Å². The molecule has 1 aromatic carbocycles. The number of benzene rings is 1. The van der Waals surface area contributed by atoms with Gasteiger partial charge >= 0.3 is 0 Å². The first kappa shape index (κ1) is 13.8. The third-order valence-corrected chi connectivity index (χ3v) is 3.44. The van der Waals surface area contributed by atoms with Crippen molar-refractivity contribution in [2.45, 2.75) is 40.2 Å². The van der Waals surface area contributed by atoms with Crippen molar-refractivity contribution in [3.8, 4) is 0 Å². The van der Waals surface area contributed by atoms with E-state index in [1.165, 1.54) is 5.56 Å². The average molecular weight is 258 g/mol. The van der Waals surface area contributed by atoms with Gasteiger partial charge in [-0.25, -0.2) is 0 Å². The number of fused-ring (bicyclic) bond motifs is 1. The molecule has 0 bridgehead atoms. The van der Waals surface area contributed by atoms with Gasteiger partial charge in [0, 0.05) is 28.2 Å². The fraction of sp³-hybridized carbons (Fsp3) is 0.438. The van der Waals surface area contributed by atoms with Gasteiger partial charge in [-0.05, 0) is 18.9 Å². The van der Waals surface area contributed by atoms with Gasteiger partial charge in [0.2, 0.25) is 0 Å². The van der Waals surface area contributed by atoms with E-state index >= 15 is 0 Å². The number of nitrogens with one attached hydrogen (secondary N) is 2. The Bertz CT molecular complexity index is 596. The van der Waals surface area contributed by atoms with Gasteiger partial charge in [-0.3, -0.25) is 4.79 Å². The Balaban J connectivity index is 2.43. The van der Waals surface area contributed by atoms with Crippen LogP contribution in [0.5, 0.6) is 0 Å². The van der Waals surface area contributed by atoms with Gasteiger partial charge in [-0.1, -0.05) is 39.0 Å². The molecule has 0 spiro atoms. The first-order chi connectivity index (χ1) is 9.04. The zero-order valence-electron chi connectivity index (χ0n) is 12.1. The summed E-state index contributed by atoms with van der Waals surface area (Å²) in [5.74, 6) is 0.158. The van der Waals surface area contributed by atoms with Crippen LogP contribution in [-0.4, -0.2) is 23.4 Å². The van der Waals surface area contributed by atoms with Gasteiger partial charge in [-0.15, -0.1) is 0 Å². The Kier molecular flexibility index (Phi) is 4.05. The summed E-state index contributed by atoms with van der Waals surface area (Å²) in [6.07, 6.45) is 0.967. The molecule has 0 aliphatic rings. The maximum Gasteiger partial charge on any atom is 0.179 e. The molecule has 1 heterocycles. The number of rotatable bonds is 5. The van der Waals surface area contributed by atoms with Crippen LogP contribution in [0.25, 0.3) is 10.9 Å². The molecular formula is C16H22N2O. The normalized spacial score (nSPS) is 11.4. The second-order valence-corrected chi connectivity index (χ2v) is 5.28. The Labute approximate surface area is 114 Å². The topological polar surface area (TPSA) is 44.9 Å². The van der Waals surface area contributed by atoms with Crippen LogP contribution >= 0.6 is 0 Å². The second-order valence-electron chi connectivity index (χ2n) is 5.28. The molecule has 0 amide bonds. The van der Waals surface area contributed by atoms with E-state index in [1.807, 2.05) is 32.9 Å². The van der Waals surface area contributed by atoms with Crippen molar-refractivity contribution >= 4 is 16.7 Å². The Morgan fingerprint density at radius 1 is 1.37 bits per heavy atom. The average Bonchev–Trinajstić information content (AvgIpc) is 2.71. The summed E-state index contributed by atoms with van der Waals surface area (Å²) in [7, 11) is 0. The SMILES string of the molecule is CCc1cccc2c(C(=O)CNC(C)C)c(C)[nH]c12. The summed E-state index contributed by atoms with van der Waals surface area (Å²) in [5, 5.41) is 4.24. The molecular weight excluding hydrogens is 236 g/mol. The molecule has 2 rings (SSSR count). The molecule has 0 aliphatic carbocycles. The third-order valence-electron chi connectivity index (χ3n) is 3.44. The molecule has 0 saturated heterocycles. The first-order valence-electron chi connectivity index (χ1n) is 6.91. The molecule has 0 unspecified atom stereocenters. The van der Waals surface area contributed by atoms with E-state index in [0.29, 0.717) is 12.6 Å². The van der Waals surface area contributed by atoms with Crippen LogP contribution in [0.2, 0.25) is 0 Å². The van der Waals surface area contributed by atoms with Gasteiger partial charge in [0.05, 0.1) is 6.54 Å². The monoisotopic (exact) mass is 258 g/mol.